The molecule has 1 aromatic carbocycles. The summed E-state index contributed by atoms with van der Waals surface area (Å²) in [5.74, 6) is 0.947. The number of nitrogens with zero attached hydrogens (tertiary/aromatic N) is 1. The molecule has 0 radical (unpaired) electrons. The monoisotopic (exact) mass is 306 g/mol. The van der Waals surface area contributed by atoms with Crippen LogP contribution in [0.15, 0.2) is 34.8 Å². The van der Waals surface area contributed by atoms with Gasteiger partial charge in [-0.25, -0.2) is 4.98 Å². The zero-order valence-corrected chi connectivity index (χ0v) is 12.6. The molecule has 6 heteroatoms. The maximum Gasteiger partial charge on any atom is 0.244 e. The average Bonchev–Trinajstić information content (AvgIpc) is 2.88. The van der Waals surface area contributed by atoms with Gasteiger partial charge in [0.05, 0.1) is 0 Å². The van der Waals surface area contributed by atoms with Crippen molar-refractivity contribution in [3.05, 3.63) is 36.2 Å². The molecule has 112 valence electrons. The molecule has 0 spiro atoms. The maximum absolute atomic E-state index is 11.8. The molecule has 2 aromatic rings. The van der Waals surface area contributed by atoms with Crippen LogP contribution in [0.3, 0.4) is 0 Å². The smallest absolute Gasteiger partial charge is 0.244 e. The summed E-state index contributed by atoms with van der Waals surface area (Å²) in [5, 5.41) is 11.8. The predicted octanol–water partition coefficient (Wildman–Crippen LogP) is 2.07. The highest BCUT2D eigenvalue weighted by molar-refractivity contribution is 7.98. The van der Waals surface area contributed by atoms with Crippen LogP contribution in [-0.4, -0.2) is 40.7 Å². The summed E-state index contributed by atoms with van der Waals surface area (Å²) in [7, 11) is 0. The standard InChI is InChI=1S/C15H18N2O3S/c1-21-10-11(8-9-18)16-14(19)6-7-15-17-12-4-2-3-5-13(12)20-15/h2-7,11,18H,8-10H2,1H3,(H,16,19)/b7-6+. The minimum Gasteiger partial charge on any atom is -0.437 e. The zero-order valence-electron chi connectivity index (χ0n) is 11.8. The third-order valence-electron chi connectivity index (χ3n) is 2.88. The van der Waals surface area contributed by atoms with Crippen LogP contribution in [0.1, 0.15) is 12.3 Å². The van der Waals surface area contributed by atoms with Gasteiger partial charge in [-0.1, -0.05) is 12.1 Å². The molecule has 21 heavy (non-hydrogen) atoms. The zero-order chi connectivity index (χ0) is 15.1. The van der Waals surface area contributed by atoms with Crippen LogP contribution >= 0.6 is 11.8 Å². The molecule has 1 aromatic heterocycles. The van der Waals surface area contributed by atoms with Crippen molar-refractivity contribution in [1.29, 1.82) is 0 Å². The number of benzene rings is 1. The third kappa shape index (κ3) is 4.61. The molecule has 1 heterocycles. The van der Waals surface area contributed by atoms with Crippen LogP contribution < -0.4 is 5.32 Å². The van der Waals surface area contributed by atoms with Gasteiger partial charge in [0.1, 0.15) is 5.52 Å². The fraction of sp³-hybridized carbons (Fsp3) is 0.333. The van der Waals surface area contributed by atoms with Gasteiger partial charge in [-0.05, 0) is 24.8 Å². The number of aromatic nitrogens is 1. The van der Waals surface area contributed by atoms with E-state index in [1.54, 1.807) is 17.8 Å². The summed E-state index contributed by atoms with van der Waals surface area (Å²) in [4.78, 5) is 16.1. The van der Waals surface area contributed by atoms with Gasteiger partial charge in [0.25, 0.3) is 0 Å². The predicted molar refractivity (Wildman–Crippen MR) is 85.1 cm³/mol. The van der Waals surface area contributed by atoms with Crippen molar-refractivity contribution in [2.75, 3.05) is 18.6 Å². The molecule has 0 aliphatic heterocycles. The number of fused-ring (bicyclic) bond motifs is 1. The lowest BCUT2D eigenvalue weighted by Gasteiger charge is -2.14. The molecule has 0 bridgehead atoms. The van der Waals surface area contributed by atoms with Crippen LogP contribution in [0.4, 0.5) is 0 Å². The van der Waals surface area contributed by atoms with E-state index in [-0.39, 0.29) is 18.6 Å². The number of thioether (sulfide) groups is 1. The number of para-hydroxylation sites is 2. The fourth-order valence-corrected chi connectivity index (χ4v) is 2.56. The van der Waals surface area contributed by atoms with E-state index in [0.717, 1.165) is 11.3 Å². The number of carbonyl (C=O) groups is 1. The number of aliphatic hydroxyl groups is 1. The van der Waals surface area contributed by atoms with Gasteiger partial charge >= 0.3 is 0 Å². The first-order valence-corrected chi connectivity index (χ1v) is 8.06. The van der Waals surface area contributed by atoms with E-state index in [2.05, 4.69) is 10.3 Å². The highest BCUT2D eigenvalue weighted by atomic mass is 32.2. The Morgan fingerprint density at radius 1 is 1.52 bits per heavy atom. The number of hydrogen-bond acceptors (Lipinski definition) is 5. The number of rotatable bonds is 7. The highest BCUT2D eigenvalue weighted by Gasteiger charge is 2.09. The van der Waals surface area contributed by atoms with E-state index in [1.807, 2.05) is 30.5 Å². The Bertz CT molecular complexity index is 585. The molecule has 0 saturated carbocycles. The lowest BCUT2D eigenvalue weighted by Crippen LogP contribution is -2.36. The Kier molecular flexibility index (Phi) is 5.83. The molecule has 0 fully saturated rings. The van der Waals surface area contributed by atoms with Crippen LogP contribution in [-0.2, 0) is 4.79 Å². The first kappa shape index (κ1) is 15.6. The summed E-state index contributed by atoms with van der Waals surface area (Å²) < 4.78 is 5.50. The second kappa shape index (κ2) is 7.85. The van der Waals surface area contributed by atoms with Crippen molar-refractivity contribution in [2.45, 2.75) is 12.5 Å². The summed E-state index contributed by atoms with van der Waals surface area (Å²) in [6.45, 7) is 0.0559. The lowest BCUT2D eigenvalue weighted by molar-refractivity contribution is -0.117. The van der Waals surface area contributed by atoms with Crippen molar-refractivity contribution < 1.29 is 14.3 Å². The van der Waals surface area contributed by atoms with E-state index in [4.69, 9.17) is 9.52 Å². The van der Waals surface area contributed by atoms with Crippen LogP contribution in [0, 0.1) is 0 Å². The summed E-state index contributed by atoms with van der Waals surface area (Å²) in [5.41, 5.74) is 1.45. The maximum atomic E-state index is 11.8. The molecule has 1 atom stereocenters. The molecular formula is C15H18N2O3S. The molecule has 0 aliphatic carbocycles. The first-order chi connectivity index (χ1) is 10.2. The summed E-state index contributed by atoms with van der Waals surface area (Å²) >= 11 is 1.63. The van der Waals surface area contributed by atoms with E-state index in [0.29, 0.717) is 17.9 Å². The Labute approximate surface area is 127 Å². The second-order valence-corrected chi connectivity index (χ2v) is 5.44. The Morgan fingerprint density at radius 2 is 2.33 bits per heavy atom. The number of aliphatic hydroxyl groups excluding tert-OH is 1. The van der Waals surface area contributed by atoms with Crippen molar-refractivity contribution in [2.24, 2.45) is 0 Å². The van der Waals surface area contributed by atoms with Gasteiger partial charge < -0.3 is 14.8 Å². The highest BCUT2D eigenvalue weighted by Crippen LogP contribution is 2.15. The largest absolute Gasteiger partial charge is 0.437 e. The van der Waals surface area contributed by atoms with E-state index >= 15 is 0 Å². The van der Waals surface area contributed by atoms with Crippen LogP contribution in [0.25, 0.3) is 17.2 Å². The van der Waals surface area contributed by atoms with Crippen molar-refractivity contribution in [1.82, 2.24) is 10.3 Å². The summed E-state index contributed by atoms with van der Waals surface area (Å²) in [6.07, 6.45) is 5.45. The molecule has 5 nitrogen and oxygen atoms in total. The normalized spacial score (nSPS) is 12.9. The fourth-order valence-electron chi connectivity index (χ4n) is 1.91. The van der Waals surface area contributed by atoms with E-state index < -0.39 is 0 Å². The second-order valence-electron chi connectivity index (χ2n) is 4.53. The minimum atomic E-state index is -0.218. The number of carbonyl (C=O) groups excluding carboxylic acids is 1. The van der Waals surface area contributed by atoms with Crippen molar-refractivity contribution in [3.63, 3.8) is 0 Å². The minimum absolute atomic E-state index is 0.0363. The van der Waals surface area contributed by atoms with Crippen molar-refractivity contribution in [3.8, 4) is 0 Å². The van der Waals surface area contributed by atoms with Gasteiger partial charge in [-0.2, -0.15) is 11.8 Å². The quantitative estimate of drug-likeness (QED) is 0.766. The number of amides is 1. The van der Waals surface area contributed by atoms with E-state index in [1.165, 1.54) is 6.08 Å². The Morgan fingerprint density at radius 3 is 3.05 bits per heavy atom. The molecule has 2 rings (SSSR count). The molecule has 0 aliphatic rings. The molecular weight excluding hydrogens is 288 g/mol. The SMILES string of the molecule is CSCC(CCO)NC(=O)/C=C/c1nc2ccccc2o1. The number of hydrogen-bond donors (Lipinski definition) is 2. The molecule has 0 saturated heterocycles. The topological polar surface area (TPSA) is 75.4 Å². The van der Waals surface area contributed by atoms with E-state index in [9.17, 15) is 4.79 Å². The number of nitrogens with one attached hydrogen (secondary N) is 1. The Hall–Kier alpha value is -1.79. The van der Waals surface area contributed by atoms with Gasteiger partial charge in [-0.15, -0.1) is 0 Å². The summed E-state index contributed by atoms with van der Waals surface area (Å²) in [6, 6.07) is 7.40. The molecule has 2 N–H and O–H groups in total. The van der Waals surface area contributed by atoms with Gasteiger partial charge in [0.15, 0.2) is 5.58 Å². The van der Waals surface area contributed by atoms with Crippen LogP contribution in [0.2, 0.25) is 0 Å². The average molecular weight is 306 g/mol. The molecule has 1 unspecified atom stereocenters. The van der Waals surface area contributed by atoms with Gasteiger partial charge in [0.2, 0.25) is 11.8 Å². The van der Waals surface area contributed by atoms with Crippen LogP contribution in [0.5, 0.6) is 0 Å². The van der Waals surface area contributed by atoms with Crippen molar-refractivity contribution >= 4 is 34.8 Å². The third-order valence-corrected chi connectivity index (χ3v) is 3.62. The molecule has 1 amide bonds. The number of oxazole rings is 1. The Balaban J connectivity index is 1.97. The van der Waals surface area contributed by atoms with Gasteiger partial charge in [-0.3, -0.25) is 4.79 Å². The first-order valence-electron chi connectivity index (χ1n) is 6.67. The van der Waals surface area contributed by atoms with Gasteiger partial charge in [0, 0.05) is 30.6 Å². The lowest BCUT2D eigenvalue weighted by atomic mass is 10.2.